The lowest BCUT2D eigenvalue weighted by Crippen LogP contribution is -2.35. The first-order valence-corrected chi connectivity index (χ1v) is 10.7. The van der Waals surface area contributed by atoms with E-state index in [-0.39, 0.29) is 6.03 Å². The molecule has 2 amide bonds. The van der Waals surface area contributed by atoms with Crippen molar-refractivity contribution in [2.45, 2.75) is 40.3 Å². The first kappa shape index (κ1) is 20.9. The summed E-state index contributed by atoms with van der Waals surface area (Å²) in [5.74, 6) is 0.870. The molecule has 6 heteroatoms. The van der Waals surface area contributed by atoms with Crippen molar-refractivity contribution < 1.29 is 9.53 Å². The average molecular weight is 410 g/mol. The van der Waals surface area contributed by atoms with Gasteiger partial charge < -0.3 is 15.0 Å². The Balaban J connectivity index is 1.59. The lowest BCUT2D eigenvalue weighted by molar-refractivity contribution is 0.208. The number of carbonyl (C=O) groups excluding carboxylic acids is 1. The molecule has 0 unspecified atom stereocenters. The third-order valence-electron chi connectivity index (χ3n) is 4.48. The van der Waals surface area contributed by atoms with Crippen molar-refractivity contribution in [1.29, 1.82) is 0 Å². The van der Waals surface area contributed by atoms with Gasteiger partial charge in [-0.25, -0.2) is 9.78 Å². The Labute approximate surface area is 176 Å². The molecule has 0 radical (unpaired) electrons. The number of aromatic nitrogens is 1. The number of aryl methyl sites for hydroxylation is 2. The fraction of sp³-hybridized carbons (Fsp3) is 0.304. The van der Waals surface area contributed by atoms with Crippen LogP contribution in [0, 0.1) is 13.8 Å². The number of anilines is 1. The molecule has 0 aliphatic rings. The molecule has 29 heavy (non-hydrogen) atoms. The van der Waals surface area contributed by atoms with E-state index in [9.17, 15) is 4.79 Å². The molecule has 0 aliphatic carbocycles. The number of benzene rings is 2. The van der Waals surface area contributed by atoms with Crippen LogP contribution >= 0.6 is 11.3 Å². The van der Waals surface area contributed by atoms with Gasteiger partial charge in [0.05, 0.1) is 12.2 Å². The van der Waals surface area contributed by atoms with E-state index in [1.54, 1.807) is 16.2 Å². The fourth-order valence-corrected chi connectivity index (χ4v) is 3.60. The molecular formula is C23H27N3O2S. The zero-order valence-electron chi connectivity index (χ0n) is 17.1. The van der Waals surface area contributed by atoms with Crippen molar-refractivity contribution in [2.24, 2.45) is 0 Å². The number of urea groups is 1. The van der Waals surface area contributed by atoms with Gasteiger partial charge >= 0.3 is 6.03 Å². The van der Waals surface area contributed by atoms with E-state index in [0.717, 1.165) is 39.7 Å². The number of para-hydroxylation sites is 1. The summed E-state index contributed by atoms with van der Waals surface area (Å²) in [5.41, 5.74) is 3.95. The molecule has 0 saturated heterocycles. The van der Waals surface area contributed by atoms with Crippen LogP contribution in [-0.2, 0) is 13.2 Å². The van der Waals surface area contributed by atoms with Crippen molar-refractivity contribution in [2.75, 3.05) is 11.9 Å². The second-order valence-electron chi connectivity index (χ2n) is 7.00. The minimum absolute atomic E-state index is 0.110. The van der Waals surface area contributed by atoms with E-state index < -0.39 is 0 Å². The van der Waals surface area contributed by atoms with Gasteiger partial charge in [-0.2, -0.15) is 0 Å². The van der Waals surface area contributed by atoms with E-state index in [1.165, 1.54) is 0 Å². The van der Waals surface area contributed by atoms with Crippen LogP contribution in [0.2, 0.25) is 0 Å². The van der Waals surface area contributed by atoms with E-state index >= 15 is 0 Å². The summed E-state index contributed by atoms with van der Waals surface area (Å²) < 4.78 is 5.88. The molecule has 0 bridgehead atoms. The summed E-state index contributed by atoms with van der Waals surface area (Å²) in [7, 11) is 0. The number of ether oxygens (including phenoxy) is 1. The van der Waals surface area contributed by atoms with E-state index in [1.807, 2.05) is 67.8 Å². The van der Waals surface area contributed by atoms with Crippen LogP contribution in [0.3, 0.4) is 0 Å². The molecule has 5 nitrogen and oxygen atoms in total. The SMILES string of the molecule is CCCN(Cc1csc(COc2ccccc2C)n1)C(=O)Nc1ccc(C)cc1. The number of rotatable bonds is 8. The maximum atomic E-state index is 12.7. The Hall–Kier alpha value is -2.86. The molecule has 0 fully saturated rings. The van der Waals surface area contributed by atoms with Crippen molar-refractivity contribution in [3.63, 3.8) is 0 Å². The van der Waals surface area contributed by atoms with Crippen LogP contribution in [0.15, 0.2) is 53.9 Å². The van der Waals surface area contributed by atoms with E-state index in [0.29, 0.717) is 19.7 Å². The monoisotopic (exact) mass is 409 g/mol. The van der Waals surface area contributed by atoms with Gasteiger partial charge in [0, 0.05) is 17.6 Å². The number of nitrogens with one attached hydrogen (secondary N) is 1. The van der Waals surface area contributed by atoms with Crippen LogP contribution in [0.5, 0.6) is 5.75 Å². The van der Waals surface area contributed by atoms with Gasteiger partial charge in [-0.05, 0) is 44.0 Å². The molecule has 0 spiro atoms. The molecule has 2 aromatic carbocycles. The number of amides is 2. The first-order chi connectivity index (χ1) is 14.0. The zero-order chi connectivity index (χ0) is 20.6. The number of carbonyl (C=O) groups is 1. The van der Waals surface area contributed by atoms with Crippen LogP contribution in [0.4, 0.5) is 10.5 Å². The van der Waals surface area contributed by atoms with Gasteiger partial charge in [-0.1, -0.05) is 42.8 Å². The smallest absolute Gasteiger partial charge is 0.322 e. The standard InChI is InChI=1S/C23H27N3O2S/c1-4-13-26(23(27)25-19-11-9-17(2)10-12-19)14-20-16-29-22(24-20)15-28-21-8-6-5-7-18(21)3/h5-12,16H,4,13-15H2,1-3H3,(H,25,27). The van der Waals surface area contributed by atoms with Gasteiger partial charge in [0.1, 0.15) is 17.4 Å². The minimum Gasteiger partial charge on any atom is -0.486 e. The maximum absolute atomic E-state index is 12.7. The lowest BCUT2D eigenvalue weighted by Gasteiger charge is -2.21. The number of hydrogen-bond donors (Lipinski definition) is 1. The van der Waals surface area contributed by atoms with Crippen molar-refractivity contribution in [1.82, 2.24) is 9.88 Å². The highest BCUT2D eigenvalue weighted by molar-refractivity contribution is 7.09. The van der Waals surface area contributed by atoms with Crippen LogP contribution in [0.1, 0.15) is 35.2 Å². The van der Waals surface area contributed by atoms with Gasteiger partial charge in [0.2, 0.25) is 0 Å². The summed E-state index contributed by atoms with van der Waals surface area (Å²) in [6, 6.07) is 15.6. The van der Waals surface area contributed by atoms with E-state index in [4.69, 9.17) is 4.74 Å². The topological polar surface area (TPSA) is 54.5 Å². The molecule has 152 valence electrons. The summed E-state index contributed by atoms with van der Waals surface area (Å²) in [5, 5.41) is 5.87. The molecule has 0 saturated carbocycles. The van der Waals surface area contributed by atoms with E-state index in [2.05, 4.69) is 17.2 Å². The average Bonchev–Trinajstić information content (AvgIpc) is 3.16. The third kappa shape index (κ3) is 6.06. The predicted molar refractivity (Wildman–Crippen MR) is 119 cm³/mol. The predicted octanol–water partition coefficient (Wildman–Crippen LogP) is 5.78. The fourth-order valence-electron chi connectivity index (χ4n) is 2.90. The second kappa shape index (κ2) is 10.1. The molecule has 1 heterocycles. The molecule has 1 aromatic heterocycles. The second-order valence-corrected chi connectivity index (χ2v) is 7.95. The Morgan fingerprint density at radius 1 is 1.14 bits per heavy atom. The first-order valence-electron chi connectivity index (χ1n) is 9.79. The summed E-state index contributed by atoms with van der Waals surface area (Å²) >= 11 is 1.56. The zero-order valence-corrected chi connectivity index (χ0v) is 18.0. The summed E-state index contributed by atoms with van der Waals surface area (Å²) in [4.78, 5) is 19.2. The molecule has 0 atom stereocenters. The largest absolute Gasteiger partial charge is 0.486 e. The Morgan fingerprint density at radius 2 is 1.90 bits per heavy atom. The Morgan fingerprint density at radius 3 is 2.62 bits per heavy atom. The highest BCUT2D eigenvalue weighted by Gasteiger charge is 2.15. The lowest BCUT2D eigenvalue weighted by atomic mass is 10.2. The van der Waals surface area contributed by atoms with Crippen molar-refractivity contribution in [3.8, 4) is 5.75 Å². The third-order valence-corrected chi connectivity index (χ3v) is 5.35. The number of hydrogen-bond acceptors (Lipinski definition) is 4. The quantitative estimate of drug-likeness (QED) is 0.513. The maximum Gasteiger partial charge on any atom is 0.322 e. The van der Waals surface area contributed by atoms with Gasteiger partial charge in [0.15, 0.2) is 0 Å². The van der Waals surface area contributed by atoms with Crippen molar-refractivity contribution >= 4 is 23.1 Å². The van der Waals surface area contributed by atoms with Crippen molar-refractivity contribution in [3.05, 3.63) is 75.7 Å². The van der Waals surface area contributed by atoms with Crippen LogP contribution < -0.4 is 10.1 Å². The molecule has 0 aliphatic heterocycles. The number of nitrogens with zero attached hydrogens (tertiary/aromatic N) is 2. The van der Waals surface area contributed by atoms with Gasteiger partial charge in [-0.3, -0.25) is 0 Å². The Kier molecular flexibility index (Phi) is 7.25. The van der Waals surface area contributed by atoms with Crippen LogP contribution in [0.25, 0.3) is 0 Å². The molecule has 1 N–H and O–H groups in total. The minimum atomic E-state index is -0.110. The van der Waals surface area contributed by atoms with Gasteiger partial charge in [0.25, 0.3) is 0 Å². The Bertz CT molecular complexity index is 937. The molecular weight excluding hydrogens is 382 g/mol. The summed E-state index contributed by atoms with van der Waals surface area (Å²) in [6.07, 6.45) is 0.884. The van der Waals surface area contributed by atoms with Gasteiger partial charge in [-0.15, -0.1) is 11.3 Å². The molecule has 3 rings (SSSR count). The highest BCUT2D eigenvalue weighted by Crippen LogP contribution is 2.20. The summed E-state index contributed by atoms with van der Waals surface area (Å²) in [6.45, 7) is 7.69. The normalized spacial score (nSPS) is 10.6. The highest BCUT2D eigenvalue weighted by atomic mass is 32.1. The van der Waals surface area contributed by atoms with Crippen LogP contribution in [-0.4, -0.2) is 22.5 Å². The molecule has 3 aromatic rings. The number of thiazole rings is 1.